The Hall–Kier alpha value is -1.75. The number of ether oxygens (including phenoxy) is 1. The first-order valence-corrected chi connectivity index (χ1v) is 7.63. The molecule has 2 rings (SSSR count). The lowest BCUT2D eigenvalue weighted by molar-refractivity contribution is 0.177. The van der Waals surface area contributed by atoms with Crippen LogP contribution in [0, 0.1) is 5.92 Å². The lowest BCUT2D eigenvalue weighted by atomic mass is 10.1. The number of aliphatic hydroxyl groups is 1. The van der Waals surface area contributed by atoms with Crippen molar-refractivity contribution in [3.05, 3.63) is 24.3 Å². The van der Waals surface area contributed by atoms with Crippen LogP contribution < -0.4 is 15.4 Å². The third kappa shape index (κ3) is 5.27. The van der Waals surface area contributed by atoms with Crippen molar-refractivity contribution in [1.29, 1.82) is 0 Å². The SMILES string of the molecule is CCCOc1cccc(NC(=O)NCC2CCC(O)C2)c1. The molecule has 0 radical (unpaired) electrons. The Labute approximate surface area is 125 Å². The van der Waals surface area contributed by atoms with E-state index in [4.69, 9.17) is 4.74 Å². The third-order valence-corrected chi connectivity index (χ3v) is 3.63. The molecule has 116 valence electrons. The number of amides is 2. The van der Waals surface area contributed by atoms with Gasteiger partial charge in [-0.05, 0) is 43.7 Å². The van der Waals surface area contributed by atoms with E-state index in [1.807, 2.05) is 24.3 Å². The van der Waals surface area contributed by atoms with Crippen molar-refractivity contribution >= 4 is 11.7 Å². The van der Waals surface area contributed by atoms with E-state index >= 15 is 0 Å². The number of rotatable bonds is 6. The maximum atomic E-state index is 11.9. The van der Waals surface area contributed by atoms with Crippen molar-refractivity contribution < 1.29 is 14.6 Å². The smallest absolute Gasteiger partial charge is 0.319 e. The highest BCUT2D eigenvalue weighted by Crippen LogP contribution is 2.24. The molecule has 1 aliphatic rings. The van der Waals surface area contributed by atoms with E-state index in [1.165, 1.54) is 0 Å². The summed E-state index contributed by atoms with van der Waals surface area (Å²) in [6.07, 6.45) is 3.34. The molecule has 0 saturated heterocycles. The Morgan fingerprint density at radius 2 is 2.29 bits per heavy atom. The Bertz CT molecular complexity index is 465. The molecule has 0 aliphatic heterocycles. The predicted octanol–water partition coefficient (Wildman–Crippen LogP) is 2.76. The van der Waals surface area contributed by atoms with Crippen LogP contribution in [-0.4, -0.2) is 30.4 Å². The molecule has 1 aliphatic carbocycles. The van der Waals surface area contributed by atoms with Crippen LogP contribution in [0.2, 0.25) is 0 Å². The highest BCUT2D eigenvalue weighted by Gasteiger charge is 2.22. The number of anilines is 1. The maximum absolute atomic E-state index is 11.9. The van der Waals surface area contributed by atoms with Gasteiger partial charge in [0, 0.05) is 18.3 Å². The fraction of sp³-hybridized carbons (Fsp3) is 0.562. The Morgan fingerprint density at radius 3 is 3.00 bits per heavy atom. The average molecular weight is 292 g/mol. The lowest BCUT2D eigenvalue weighted by Gasteiger charge is -2.12. The van der Waals surface area contributed by atoms with E-state index < -0.39 is 0 Å². The van der Waals surface area contributed by atoms with Crippen molar-refractivity contribution in [2.45, 2.75) is 38.7 Å². The summed E-state index contributed by atoms with van der Waals surface area (Å²) < 4.78 is 5.53. The summed E-state index contributed by atoms with van der Waals surface area (Å²) >= 11 is 0. The van der Waals surface area contributed by atoms with Crippen LogP contribution in [0.25, 0.3) is 0 Å². The lowest BCUT2D eigenvalue weighted by Crippen LogP contribution is -2.32. The van der Waals surface area contributed by atoms with E-state index in [0.717, 1.165) is 31.4 Å². The molecule has 1 aromatic carbocycles. The number of carbonyl (C=O) groups excluding carboxylic acids is 1. The zero-order valence-electron chi connectivity index (χ0n) is 12.5. The molecule has 1 saturated carbocycles. The topological polar surface area (TPSA) is 70.6 Å². The first-order chi connectivity index (χ1) is 10.2. The zero-order valence-corrected chi connectivity index (χ0v) is 12.5. The number of hydrogen-bond donors (Lipinski definition) is 3. The molecule has 0 bridgehead atoms. The predicted molar refractivity (Wildman–Crippen MR) is 82.6 cm³/mol. The van der Waals surface area contributed by atoms with Crippen molar-refractivity contribution in [3.63, 3.8) is 0 Å². The second-order valence-electron chi connectivity index (χ2n) is 5.54. The molecule has 1 aromatic rings. The van der Waals surface area contributed by atoms with Gasteiger partial charge in [0.15, 0.2) is 0 Å². The molecular formula is C16H24N2O3. The quantitative estimate of drug-likeness (QED) is 0.755. The van der Waals surface area contributed by atoms with E-state index in [2.05, 4.69) is 17.6 Å². The van der Waals surface area contributed by atoms with E-state index in [0.29, 0.717) is 24.8 Å². The Morgan fingerprint density at radius 1 is 1.43 bits per heavy atom. The van der Waals surface area contributed by atoms with Crippen molar-refractivity contribution in [3.8, 4) is 5.75 Å². The van der Waals surface area contributed by atoms with Gasteiger partial charge in [-0.2, -0.15) is 0 Å². The fourth-order valence-electron chi connectivity index (χ4n) is 2.53. The summed E-state index contributed by atoms with van der Waals surface area (Å²) in [5.74, 6) is 1.14. The van der Waals surface area contributed by atoms with Gasteiger partial charge in [-0.15, -0.1) is 0 Å². The number of aliphatic hydroxyl groups excluding tert-OH is 1. The third-order valence-electron chi connectivity index (χ3n) is 3.63. The van der Waals surface area contributed by atoms with Crippen LogP contribution in [0.15, 0.2) is 24.3 Å². The van der Waals surface area contributed by atoms with Gasteiger partial charge < -0.3 is 20.5 Å². The Balaban J connectivity index is 1.76. The van der Waals surface area contributed by atoms with Crippen LogP contribution in [0.3, 0.4) is 0 Å². The average Bonchev–Trinajstić information content (AvgIpc) is 2.89. The monoisotopic (exact) mass is 292 g/mol. The van der Waals surface area contributed by atoms with Crippen molar-refractivity contribution in [2.75, 3.05) is 18.5 Å². The van der Waals surface area contributed by atoms with Gasteiger partial charge in [0.1, 0.15) is 5.75 Å². The molecule has 0 heterocycles. The van der Waals surface area contributed by atoms with Crippen molar-refractivity contribution in [2.24, 2.45) is 5.92 Å². The summed E-state index contributed by atoms with van der Waals surface area (Å²) in [7, 11) is 0. The van der Waals surface area contributed by atoms with Crippen LogP contribution in [0.1, 0.15) is 32.6 Å². The zero-order chi connectivity index (χ0) is 15.1. The van der Waals surface area contributed by atoms with E-state index in [1.54, 1.807) is 0 Å². The number of benzene rings is 1. The number of urea groups is 1. The molecule has 0 aromatic heterocycles. The molecule has 3 N–H and O–H groups in total. The second-order valence-corrected chi connectivity index (χ2v) is 5.54. The van der Waals surface area contributed by atoms with Gasteiger partial charge in [0.2, 0.25) is 0 Å². The number of nitrogens with one attached hydrogen (secondary N) is 2. The molecule has 0 spiro atoms. The summed E-state index contributed by atoms with van der Waals surface area (Å²) in [6, 6.07) is 7.16. The van der Waals surface area contributed by atoms with Gasteiger partial charge >= 0.3 is 6.03 Å². The van der Waals surface area contributed by atoms with Crippen LogP contribution in [-0.2, 0) is 0 Å². The normalized spacial score (nSPS) is 21.0. The summed E-state index contributed by atoms with van der Waals surface area (Å²) in [6.45, 7) is 3.32. The molecule has 2 unspecified atom stereocenters. The standard InChI is InChI=1S/C16H24N2O3/c1-2-8-21-15-5-3-4-13(10-15)18-16(20)17-11-12-6-7-14(19)9-12/h3-5,10,12,14,19H,2,6-9,11H2,1H3,(H2,17,18,20). The minimum absolute atomic E-state index is 0.202. The molecule has 5 nitrogen and oxygen atoms in total. The summed E-state index contributed by atoms with van der Waals surface area (Å²) in [4.78, 5) is 11.9. The molecule has 5 heteroatoms. The molecule has 1 fully saturated rings. The van der Waals surface area contributed by atoms with Crippen LogP contribution in [0.5, 0.6) is 5.75 Å². The van der Waals surface area contributed by atoms with Crippen molar-refractivity contribution in [1.82, 2.24) is 5.32 Å². The molecular weight excluding hydrogens is 268 g/mol. The van der Waals surface area contributed by atoms with Gasteiger partial charge in [0.25, 0.3) is 0 Å². The largest absolute Gasteiger partial charge is 0.494 e. The maximum Gasteiger partial charge on any atom is 0.319 e. The van der Waals surface area contributed by atoms with E-state index in [9.17, 15) is 9.90 Å². The first kappa shape index (κ1) is 15.6. The minimum Gasteiger partial charge on any atom is -0.494 e. The van der Waals surface area contributed by atoms with Crippen LogP contribution >= 0.6 is 0 Å². The minimum atomic E-state index is -0.218. The number of carbonyl (C=O) groups is 1. The van der Waals surface area contributed by atoms with Gasteiger partial charge in [-0.3, -0.25) is 0 Å². The van der Waals surface area contributed by atoms with Gasteiger partial charge in [-0.25, -0.2) is 4.79 Å². The summed E-state index contributed by atoms with van der Waals surface area (Å²) in [5, 5.41) is 15.1. The summed E-state index contributed by atoms with van der Waals surface area (Å²) in [5.41, 5.74) is 0.715. The Kier molecular flexibility index (Phi) is 5.87. The first-order valence-electron chi connectivity index (χ1n) is 7.63. The molecule has 21 heavy (non-hydrogen) atoms. The molecule has 2 amide bonds. The van der Waals surface area contributed by atoms with Gasteiger partial charge in [0.05, 0.1) is 12.7 Å². The fourth-order valence-corrected chi connectivity index (χ4v) is 2.53. The second kappa shape index (κ2) is 7.88. The number of hydrogen-bond acceptors (Lipinski definition) is 3. The van der Waals surface area contributed by atoms with Crippen LogP contribution in [0.4, 0.5) is 10.5 Å². The van der Waals surface area contributed by atoms with E-state index in [-0.39, 0.29) is 12.1 Å². The highest BCUT2D eigenvalue weighted by atomic mass is 16.5. The highest BCUT2D eigenvalue weighted by molar-refractivity contribution is 5.89. The molecule has 2 atom stereocenters. The van der Waals surface area contributed by atoms with Gasteiger partial charge in [-0.1, -0.05) is 13.0 Å².